The molecule has 3 aromatic heterocycles. The summed E-state index contributed by atoms with van der Waals surface area (Å²) in [5.41, 5.74) is 1.89. The molecule has 0 aliphatic carbocycles. The standard InChI is InChI=1S/C13H10BrN5O/c1-18-6-9(4-16-18)13-10(8-20)7-19(17-13)12-3-2-11(14)5-15-12/h2-8H,1H3. The molecular weight excluding hydrogens is 322 g/mol. The van der Waals surface area contributed by atoms with Gasteiger partial charge in [0.1, 0.15) is 5.69 Å². The molecule has 3 aromatic rings. The minimum Gasteiger partial charge on any atom is -0.298 e. The average Bonchev–Trinajstić information content (AvgIpc) is 3.05. The number of pyridine rings is 1. The van der Waals surface area contributed by atoms with Crippen LogP contribution in [-0.2, 0) is 7.05 Å². The molecule has 0 saturated heterocycles. The monoisotopic (exact) mass is 331 g/mol. The molecule has 0 atom stereocenters. The fourth-order valence-electron chi connectivity index (χ4n) is 1.86. The first-order valence-electron chi connectivity index (χ1n) is 5.83. The number of aromatic nitrogens is 5. The number of aryl methyl sites for hydroxylation is 1. The summed E-state index contributed by atoms with van der Waals surface area (Å²) in [6.45, 7) is 0. The van der Waals surface area contributed by atoms with E-state index in [0.29, 0.717) is 17.1 Å². The number of rotatable bonds is 3. The number of hydrogen-bond donors (Lipinski definition) is 0. The number of carbonyl (C=O) groups excluding carboxylic acids is 1. The molecule has 0 N–H and O–H groups in total. The summed E-state index contributed by atoms with van der Waals surface area (Å²) in [5, 5.41) is 8.51. The Morgan fingerprint density at radius 3 is 2.70 bits per heavy atom. The van der Waals surface area contributed by atoms with Crippen LogP contribution in [0, 0.1) is 0 Å². The molecule has 3 heterocycles. The molecule has 0 radical (unpaired) electrons. The third kappa shape index (κ3) is 2.27. The van der Waals surface area contributed by atoms with Crippen molar-refractivity contribution in [1.82, 2.24) is 24.5 Å². The number of carbonyl (C=O) groups is 1. The van der Waals surface area contributed by atoms with Crippen LogP contribution in [0.5, 0.6) is 0 Å². The van der Waals surface area contributed by atoms with E-state index in [0.717, 1.165) is 16.3 Å². The fourth-order valence-corrected chi connectivity index (χ4v) is 2.10. The first-order valence-corrected chi connectivity index (χ1v) is 6.62. The van der Waals surface area contributed by atoms with Crippen LogP contribution in [0.15, 0.2) is 41.4 Å². The van der Waals surface area contributed by atoms with E-state index in [9.17, 15) is 4.79 Å². The van der Waals surface area contributed by atoms with Crippen molar-refractivity contribution in [2.45, 2.75) is 0 Å². The van der Waals surface area contributed by atoms with Gasteiger partial charge in [-0.1, -0.05) is 0 Å². The van der Waals surface area contributed by atoms with Crippen molar-refractivity contribution in [3.8, 4) is 17.1 Å². The van der Waals surface area contributed by atoms with Crippen LogP contribution in [0.2, 0.25) is 0 Å². The molecule has 100 valence electrons. The van der Waals surface area contributed by atoms with Gasteiger partial charge in [0.05, 0.1) is 11.8 Å². The van der Waals surface area contributed by atoms with Crippen molar-refractivity contribution in [2.75, 3.05) is 0 Å². The van der Waals surface area contributed by atoms with E-state index in [4.69, 9.17) is 0 Å². The number of halogens is 1. The zero-order valence-corrected chi connectivity index (χ0v) is 12.1. The zero-order valence-electron chi connectivity index (χ0n) is 10.6. The highest BCUT2D eigenvalue weighted by molar-refractivity contribution is 9.10. The van der Waals surface area contributed by atoms with Crippen LogP contribution < -0.4 is 0 Å². The second-order valence-corrected chi connectivity index (χ2v) is 5.15. The lowest BCUT2D eigenvalue weighted by atomic mass is 10.2. The molecular formula is C13H10BrN5O. The van der Waals surface area contributed by atoms with Crippen LogP contribution in [0.3, 0.4) is 0 Å². The molecule has 0 fully saturated rings. The predicted octanol–water partition coefficient (Wildman–Crippen LogP) is 2.24. The molecule has 0 bridgehead atoms. The molecule has 0 spiro atoms. The summed E-state index contributed by atoms with van der Waals surface area (Å²) < 4.78 is 4.13. The third-order valence-electron chi connectivity index (χ3n) is 2.79. The van der Waals surface area contributed by atoms with E-state index in [1.807, 2.05) is 25.4 Å². The van der Waals surface area contributed by atoms with Crippen molar-refractivity contribution < 1.29 is 4.79 Å². The third-order valence-corrected chi connectivity index (χ3v) is 3.26. The average molecular weight is 332 g/mol. The van der Waals surface area contributed by atoms with Crippen LogP contribution in [0.25, 0.3) is 17.1 Å². The lowest BCUT2D eigenvalue weighted by Gasteiger charge is -1.99. The Bertz CT molecular complexity index is 759. The number of nitrogens with zero attached hydrogens (tertiary/aromatic N) is 5. The second kappa shape index (κ2) is 5.01. The number of hydrogen-bond acceptors (Lipinski definition) is 4. The first kappa shape index (κ1) is 12.7. The molecule has 3 rings (SSSR count). The summed E-state index contributed by atoms with van der Waals surface area (Å²) in [6, 6.07) is 3.69. The maximum atomic E-state index is 11.2. The second-order valence-electron chi connectivity index (χ2n) is 4.23. The Balaban J connectivity index is 2.09. The molecule has 0 aromatic carbocycles. The highest BCUT2D eigenvalue weighted by Gasteiger charge is 2.13. The zero-order chi connectivity index (χ0) is 14.1. The minimum absolute atomic E-state index is 0.503. The van der Waals surface area contributed by atoms with Gasteiger partial charge in [-0.2, -0.15) is 10.2 Å². The fraction of sp³-hybridized carbons (Fsp3) is 0.0769. The highest BCUT2D eigenvalue weighted by atomic mass is 79.9. The SMILES string of the molecule is Cn1cc(-c2nn(-c3ccc(Br)cn3)cc2C=O)cn1. The lowest BCUT2D eigenvalue weighted by Crippen LogP contribution is -1.97. The van der Waals surface area contributed by atoms with Gasteiger partial charge in [-0.25, -0.2) is 9.67 Å². The van der Waals surface area contributed by atoms with E-state index in [2.05, 4.69) is 31.1 Å². The van der Waals surface area contributed by atoms with E-state index in [-0.39, 0.29) is 0 Å². The van der Waals surface area contributed by atoms with E-state index < -0.39 is 0 Å². The molecule has 0 saturated carbocycles. The number of aldehydes is 1. The van der Waals surface area contributed by atoms with Gasteiger partial charge in [0.25, 0.3) is 0 Å². The van der Waals surface area contributed by atoms with Crippen LogP contribution in [0.1, 0.15) is 10.4 Å². The molecule has 0 unspecified atom stereocenters. The first-order chi connectivity index (χ1) is 9.67. The summed E-state index contributed by atoms with van der Waals surface area (Å²) in [4.78, 5) is 15.5. The van der Waals surface area contributed by atoms with Crippen molar-refractivity contribution in [2.24, 2.45) is 7.05 Å². The Hall–Kier alpha value is -2.28. The van der Waals surface area contributed by atoms with Gasteiger partial charge in [0.15, 0.2) is 12.1 Å². The summed E-state index contributed by atoms with van der Waals surface area (Å²) in [6.07, 6.45) is 7.61. The largest absolute Gasteiger partial charge is 0.298 e. The minimum atomic E-state index is 0.503. The van der Waals surface area contributed by atoms with Gasteiger partial charge in [0.2, 0.25) is 0 Å². The Morgan fingerprint density at radius 1 is 1.25 bits per heavy atom. The van der Waals surface area contributed by atoms with Crippen LogP contribution in [0.4, 0.5) is 0 Å². The molecule has 0 amide bonds. The molecule has 0 aliphatic rings. The maximum Gasteiger partial charge on any atom is 0.153 e. The lowest BCUT2D eigenvalue weighted by molar-refractivity contribution is 0.112. The molecule has 20 heavy (non-hydrogen) atoms. The highest BCUT2D eigenvalue weighted by Crippen LogP contribution is 2.21. The van der Waals surface area contributed by atoms with Gasteiger partial charge in [-0.15, -0.1) is 0 Å². The molecule has 0 aliphatic heterocycles. The van der Waals surface area contributed by atoms with E-state index in [1.165, 1.54) is 0 Å². The predicted molar refractivity (Wildman–Crippen MR) is 76.6 cm³/mol. The summed E-state index contributed by atoms with van der Waals surface area (Å²) in [7, 11) is 1.82. The van der Waals surface area contributed by atoms with Gasteiger partial charge in [0, 0.05) is 35.7 Å². The van der Waals surface area contributed by atoms with E-state index >= 15 is 0 Å². The Kier molecular flexibility index (Phi) is 3.19. The van der Waals surface area contributed by atoms with Gasteiger partial charge < -0.3 is 0 Å². The van der Waals surface area contributed by atoms with Crippen molar-refractivity contribution >= 4 is 22.2 Å². The summed E-state index contributed by atoms with van der Waals surface area (Å²) in [5.74, 6) is 0.645. The van der Waals surface area contributed by atoms with Crippen LogP contribution >= 0.6 is 15.9 Å². The smallest absolute Gasteiger partial charge is 0.153 e. The van der Waals surface area contributed by atoms with Gasteiger partial charge >= 0.3 is 0 Å². The van der Waals surface area contributed by atoms with Gasteiger partial charge in [-0.05, 0) is 28.1 Å². The Labute approximate surface area is 123 Å². The van der Waals surface area contributed by atoms with Gasteiger partial charge in [-0.3, -0.25) is 9.48 Å². The molecule has 6 nitrogen and oxygen atoms in total. The maximum absolute atomic E-state index is 11.2. The normalized spacial score (nSPS) is 10.7. The topological polar surface area (TPSA) is 65.6 Å². The van der Waals surface area contributed by atoms with E-state index in [1.54, 1.807) is 28.0 Å². The molecule has 7 heteroatoms. The summed E-state index contributed by atoms with van der Waals surface area (Å²) >= 11 is 3.33. The Morgan fingerprint density at radius 2 is 2.10 bits per heavy atom. The van der Waals surface area contributed by atoms with Crippen molar-refractivity contribution in [3.63, 3.8) is 0 Å². The van der Waals surface area contributed by atoms with Crippen LogP contribution in [-0.4, -0.2) is 30.8 Å². The van der Waals surface area contributed by atoms with Crippen molar-refractivity contribution in [3.05, 3.63) is 47.0 Å². The van der Waals surface area contributed by atoms with Crippen molar-refractivity contribution in [1.29, 1.82) is 0 Å². The quantitative estimate of drug-likeness (QED) is 0.690.